The van der Waals surface area contributed by atoms with Crippen LogP contribution in [-0.4, -0.2) is 68.7 Å². The number of morpholine rings is 1. The fraction of sp³-hybridized carbons (Fsp3) is 1.00. The van der Waals surface area contributed by atoms with Crippen LogP contribution in [0.15, 0.2) is 0 Å². The van der Waals surface area contributed by atoms with E-state index in [2.05, 4.69) is 11.8 Å². The van der Waals surface area contributed by atoms with E-state index in [4.69, 9.17) is 4.74 Å². The van der Waals surface area contributed by atoms with Gasteiger partial charge in [0.1, 0.15) is 0 Å². The van der Waals surface area contributed by atoms with Crippen LogP contribution in [0.4, 0.5) is 8.78 Å². The normalized spacial score (nSPS) is 19.9. The van der Waals surface area contributed by atoms with E-state index in [1.54, 1.807) is 11.9 Å². The first kappa shape index (κ1) is 26.6. The van der Waals surface area contributed by atoms with Gasteiger partial charge in [-0.15, -0.1) is 0 Å². The molecule has 2 fully saturated rings. The number of hydrogen-bond acceptors (Lipinski definition) is 3. The Bertz CT molecular complexity index is 199. The van der Waals surface area contributed by atoms with E-state index in [0.717, 1.165) is 26.3 Å². The molecule has 22 heavy (non-hydrogen) atoms. The summed E-state index contributed by atoms with van der Waals surface area (Å²) >= 11 is 0. The number of halogens is 2. The number of likely N-dealkylation sites (tertiary alicyclic amines) is 1. The van der Waals surface area contributed by atoms with Gasteiger partial charge in [0, 0.05) is 26.1 Å². The first-order valence-corrected chi connectivity index (χ1v) is 8.90. The third-order valence-corrected chi connectivity index (χ3v) is 2.91. The smallest absolute Gasteiger partial charge is 0.261 e. The van der Waals surface area contributed by atoms with E-state index < -0.39 is 5.92 Å². The van der Waals surface area contributed by atoms with Crippen LogP contribution >= 0.6 is 0 Å². The van der Waals surface area contributed by atoms with E-state index in [1.165, 1.54) is 6.54 Å². The standard InChI is InChI=1S/C6H13NO.C5H9F2N.3C2H6/c1-2-7-3-5-8-6-4-7;1-8-3-2-5(6,7)4-8;3*1-2/h2-6H2,1H3;2-4H2,1H3;3*1-2H3. The van der Waals surface area contributed by atoms with Gasteiger partial charge in [-0.25, -0.2) is 8.78 Å². The molecule has 0 aromatic heterocycles. The molecule has 2 heterocycles. The third-order valence-electron chi connectivity index (χ3n) is 2.91. The van der Waals surface area contributed by atoms with Gasteiger partial charge in [-0.05, 0) is 13.6 Å². The zero-order valence-electron chi connectivity index (χ0n) is 16.2. The summed E-state index contributed by atoms with van der Waals surface area (Å²) in [5.41, 5.74) is 0. The Hall–Kier alpha value is -0.260. The van der Waals surface area contributed by atoms with Crippen LogP contribution in [0.25, 0.3) is 0 Å². The van der Waals surface area contributed by atoms with Crippen LogP contribution in [0, 0.1) is 0 Å². The average molecular weight is 327 g/mol. The zero-order chi connectivity index (χ0) is 18.0. The highest BCUT2D eigenvalue weighted by molar-refractivity contribution is 4.78. The van der Waals surface area contributed by atoms with E-state index in [0.29, 0.717) is 6.54 Å². The van der Waals surface area contributed by atoms with E-state index in [9.17, 15) is 8.78 Å². The van der Waals surface area contributed by atoms with Crippen molar-refractivity contribution in [2.24, 2.45) is 0 Å². The van der Waals surface area contributed by atoms with Crippen LogP contribution < -0.4 is 0 Å². The van der Waals surface area contributed by atoms with E-state index in [1.807, 2.05) is 41.5 Å². The number of nitrogens with zero attached hydrogens (tertiary/aromatic N) is 2. The number of ether oxygens (including phenoxy) is 1. The largest absolute Gasteiger partial charge is 0.379 e. The summed E-state index contributed by atoms with van der Waals surface area (Å²) in [6.07, 6.45) is 0.0312. The molecule has 0 atom stereocenters. The lowest BCUT2D eigenvalue weighted by molar-refractivity contribution is 0.0146. The molecule has 0 spiro atoms. The average Bonchev–Trinajstić information content (AvgIpc) is 2.91. The summed E-state index contributed by atoms with van der Waals surface area (Å²) in [5.74, 6) is -2.41. The lowest BCUT2D eigenvalue weighted by Gasteiger charge is -2.24. The molecule has 0 N–H and O–H groups in total. The minimum absolute atomic E-state index is 0.0312. The zero-order valence-corrected chi connectivity index (χ0v) is 16.2. The maximum Gasteiger partial charge on any atom is 0.261 e. The minimum atomic E-state index is -2.41. The molecule has 3 nitrogen and oxygen atoms in total. The Morgan fingerprint density at radius 1 is 0.909 bits per heavy atom. The number of likely N-dealkylation sites (N-methyl/N-ethyl adjacent to an activating group) is 1. The molecule has 0 saturated carbocycles. The van der Waals surface area contributed by atoms with Gasteiger partial charge in [-0.2, -0.15) is 0 Å². The highest BCUT2D eigenvalue weighted by Gasteiger charge is 2.35. The van der Waals surface area contributed by atoms with Crippen molar-refractivity contribution in [1.29, 1.82) is 0 Å². The lowest BCUT2D eigenvalue weighted by atomic mass is 10.3. The molecule has 0 amide bonds. The fourth-order valence-corrected chi connectivity index (χ4v) is 1.82. The first-order valence-electron chi connectivity index (χ1n) is 8.90. The second-order valence-electron chi connectivity index (χ2n) is 4.39. The van der Waals surface area contributed by atoms with Crippen LogP contribution in [0.1, 0.15) is 54.9 Å². The lowest BCUT2D eigenvalue weighted by Crippen LogP contribution is -2.35. The number of hydrogen-bond donors (Lipinski definition) is 0. The summed E-state index contributed by atoms with van der Waals surface area (Å²) in [7, 11) is 1.71. The molecule has 0 unspecified atom stereocenters. The Balaban J connectivity index is -0.000000246. The minimum Gasteiger partial charge on any atom is -0.379 e. The fourth-order valence-electron chi connectivity index (χ4n) is 1.82. The Morgan fingerprint density at radius 2 is 1.36 bits per heavy atom. The number of alkyl halides is 2. The summed E-state index contributed by atoms with van der Waals surface area (Å²) in [6.45, 7) is 19.9. The van der Waals surface area contributed by atoms with Crippen molar-refractivity contribution in [3.8, 4) is 0 Å². The highest BCUT2D eigenvalue weighted by atomic mass is 19.3. The SMILES string of the molecule is CC.CC.CC.CCN1CCOCC1.CN1CCC(F)(F)C1. The van der Waals surface area contributed by atoms with Crippen LogP contribution in [0.5, 0.6) is 0 Å². The van der Waals surface area contributed by atoms with Gasteiger partial charge in [0.2, 0.25) is 0 Å². The Morgan fingerprint density at radius 3 is 1.55 bits per heavy atom. The van der Waals surface area contributed by atoms with Gasteiger partial charge in [0.15, 0.2) is 0 Å². The molecule has 2 aliphatic heterocycles. The van der Waals surface area contributed by atoms with Crippen molar-refractivity contribution < 1.29 is 13.5 Å². The topological polar surface area (TPSA) is 15.7 Å². The highest BCUT2D eigenvalue weighted by Crippen LogP contribution is 2.24. The summed E-state index contributed by atoms with van der Waals surface area (Å²) < 4.78 is 29.5. The predicted octanol–water partition coefficient (Wildman–Crippen LogP) is 4.37. The summed E-state index contributed by atoms with van der Waals surface area (Å²) in [4.78, 5) is 4.03. The quantitative estimate of drug-likeness (QED) is 0.711. The van der Waals surface area contributed by atoms with Gasteiger partial charge in [-0.3, -0.25) is 4.90 Å². The van der Waals surface area contributed by atoms with Crippen molar-refractivity contribution in [3.63, 3.8) is 0 Å². The monoisotopic (exact) mass is 326 g/mol. The number of rotatable bonds is 1. The second kappa shape index (κ2) is 18.8. The molecular formula is C17H40F2N2O. The van der Waals surface area contributed by atoms with Crippen molar-refractivity contribution in [1.82, 2.24) is 9.80 Å². The maximum absolute atomic E-state index is 12.2. The summed E-state index contributed by atoms with van der Waals surface area (Å²) in [6, 6.07) is 0. The predicted molar refractivity (Wildman–Crippen MR) is 94.0 cm³/mol. The molecule has 138 valence electrons. The van der Waals surface area contributed by atoms with Gasteiger partial charge < -0.3 is 9.64 Å². The maximum atomic E-state index is 12.2. The van der Waals surface area contributed by atoms with Gasteiger partial charge >= 0.3 is 0 Å². The summed E-state index contributed by atoms with van der Waals surface area (Å²) in [5, 5.41) is 0. The molecule has 0 aromatic rings. The molecular weight excluding hydrogens is 286 g/mol. The molecule has 2 aliphatic rings. The van der Waals surface area contributed by atoms with Crippen LogP contribution in [0.3, 0.4) is 0 Å². The molecule has 2 saturated heterocycles. The molecule has 5 heteroatoms. The molecule has 0 aliphatic carbocycles. The van der Waals surface area contributed by atoms with Crippen molar-refractivity contribution in [3.05, 3.63) is 0 Å². The molecule has 2 rings (SSSR count). The van der Waals surface area contributed by atoms with Crippen molar-refractivity contribution in [2.75, 3.05) is 53.0 Å². The van der Waals surface area contributed by atoms with Crippen LogP contribution in [-0.2, 0) is 4.74 Å². The molecule has 0 bridgehead atoms. The Kier molecular flexibility index (Phi) is 22.7. The van der Waals surface area contributed by atoms with Gasteiger partial charge in [0.05, 0.1) is 19.8 Å². The van der Waals surface area contributed by atoms with E-state index >= 15 is 0 Å². The van der Waals surface area contributed by atoms with Crippen molar-refractivity contribution in [2.45, 2.75) is 60.8 Å². The van der Waals surface area contributed by atoms with Crippen LogP contribution in [0.2, 0.25) is 0 Å². The van der Waals surface area contributed by atoms with Crippen molar-refractivity contribution >= 4 is 0 Å². The van der Waals surface area contributed by atoms with Gasteiger partial charge in [0.25, 0.3) is 5.92 Å². The first-order chi connectivity index (χ1) is 10.5. The third kappa shape index (κ3) is 16.1. The van der Waals surface area contributed by atoms with E-state index in [-0.39, 0.29) is 13.0 Å². The second-order valence-corrected chi connectivity index (χ2v) is 4.39. The Labute approximate surface area is 138 Å². The molecule has 0 radical (unpaired) electrons. The van der Waals surface area contributed by atoms with Gasteiger partial charge in [-0.1, -0.05) is 48.5 Å². The molecule has 0 aromatic carbocycles.